The van der Waals surface area contributed by atoms with Gasteiger partial charge in [-0.25, -0.2) is 4.90 Å². The topological polar surface area (TPSA) is 89.7 Å². The van der Waals surface area contributed by atoms with Gasteiger partial charge in [0.2, 0.25) is 0 Å². The standard InChI is InChI=1S/C20H11ClN2O5/c21-12-4-6-13(7-5-12)22-19(24)17-9-8-16(11-18(17)20(22)25)28-15-3-1-2-14(10-15)23(26)27/h1-11H. The normalized spacial score (nSPS) is 12.8. The van der Waals surface area contributed by atoms with Gasteiger partial charge < -0.3 is 4.74 Å². The van der Waals surface area contributed by atoms with E-state index in [4.69, 9.17) is 16.3 Å². The van der Waals surface area contributed by atoms with Crippen LogP contribution in [0.3, 0.4) is 0 Å². The van der Waals surface area contributed by atoms with Crippen LogP contribution in [0.5, 0.6) is 11.5 Å². The zero-order valence-electron chi connectivity index (χ0n) is 14.2. The van der Waals surface area contributed by atoms with E-state index in [1.165, 1.54) is 36.4 Å². The van der Waals surface area contributed by atoms with E-state index in [9.17, 15) is 19.7 Å². The number of nitrogens with zero attached hydrogens (tertiary/aromatic N) is 2. The van der Waals surface area contributed by atoms with Crippen molar-refractivity contribution in [2.24, 2.45) is 0 Å². The molecule has 0 radical (unpaired) electrons. The molecule has 8 heteroatoms. The van der Waals surface area contributed by atoms with Gasteiger partial charge in [0.25, 0.3) is 17.5 Å². The quantitative estimate of drug-likeness (QED) is 0.359. The minimum Gasteiger partial charge on any atom is -0.457 e. The third-order valence-corrected chi connectivity index (χ3v) is 4.46. The van der Waals surface area contributed by atoms with Gasteiger partial charge in [-0.2, -0.15) is 0 Å². The molecule has 0 fully saturated rings. The molecule has 0 bridgehead atoms. The molecule has 7 nitrogen and oxygen atoms in total. The molecule has 4 rings (SSSR count). The number of carbonyl (C=O) groups is 2. The molecular formula is C20H11ClN2O5. The Morgan fingerprint density at radius 2 is 1.54 bits per heavy atom. The summed E-state index contributed by atoms with van der Waals surface area (Å²) < 4.78 is 5.63. The highest BCUT2D eigenvalue weighted by atomic mass is 35.5. The lowest BCUT2D eigenvalue weighted by Crippen LogP contribution is -2.29. The van der Waals surface area contributed by atoms with Crippen molar-refractivity contribution >= 4 is 34.8 Å². The first-order valence-electron chi connectivity index (χ1n) is 8.15. The van der Waals surface area contributed by atoms with Gasteiger partial charge >= 0.3 is 0 Å². The fourth-order valence-electron chi connectivity index (χ4n) is 2.90. The maximum absolute atomic E-state index is 12.8. The van der Waals surface area contributed by atoms with Crippen LogP contribution in [0.1, 0.15) is 20.7 Å². The molecule has 0 unspecified atom stereocenters. The Hall–Kier alpha value is -3.71. The molecular weight excluding hydrogens is 384 g/mol. The van der Waals surface area contributed by atoms with E-state index in [2.05, 4.69) is 0 Å². The predicted molar refractivity (Wildman–Crippen MR) is 102 cm³/mol. The zero-order valence-corrected chi connectivity index (χ0v) is 14.9. The highest BCUT2D eigenvalue weighted by Crippen LogP contribution is 2.33. The Morgan fingerprint density at radius 3 is 2.25 bits per heavy atom. The number of imide groups is 1. The molecule has 1 aliphatic rings. The Morgan fingerprint density at radius 1 is 0.857 bits per heavy atom. The number of nitro benzene ring substituents is 1. The average Bonchev–Trinajstić information content (AvgIpc) is 2.93. The molecule has 1 aliphatic heterocycles. The lowest BCUT2D eigenvalue weighted by molar-refractivity contribution is -0.384. The van der Waals surface area contributed by atoms with Gasteiger partial charge in [-0.3, -0.25) is 19.7 Å². The second kappa shape index (κ2) is 6.79. The first-order chi connectivity index (χ1) is 13.4. The van der Waals surface area contributed by atoms with Crippen LogP contribution in [0.4, 0.5) is 11.4 Å². The smallest absolute Gasteiger partial charge is 0.273 e. The maximum Gasteiger partial charge on any atom is 0.273 e. The van der Waals surface area contributed by atoms with E-state index in [-0.39, 0.29) is 22.6 Å². The van der Waals surface area contributed by atoms with Gasteiger partial charge in [0.05, 0.1) is 27.8 Å². The molecule has 0 saturated heterocycles. The van der Waals surface area contributed by atoms with Crippen molar-refractivity contribution < 1.29 is 19.2 Å². The minimum atomic E-state index is -0.526. The Bertz CT molecular complexity index is 1130. The van der Waals surface area contributed by atoms with E-state index >= 15 is 0 Å². The largest absolute Gasteiger partial charge is 0.457 e. The molecule has 0 aromatic heterocycles. The first-order valence-corrected chi connectivity index (χ1v) is 8.52. The fourth-order valence-corrected chi connectivity index (χ4v) is 3.03. The number of rotatable bonds is 4. The van der Waals surface area contributed by atoms with Crippen molar-refractivity contribution in [1.29, 1.82) is 0 Å². The van der Waals surface area contributed by atoms with Crippen molar-refractivity contribution in [3.8, 4) is 11.5 Å². The molecule has 138 valence electrons. The number of hydrogen-bond acceptors (Lipinski definition) is 5. The van der Waals surface area contributed by atoms with Crippen LogP contribution in [0.2, 0.25) is 5.02 Å². The molecule has 0 atom stereocenters. The zero-order chi connectivity index (χ0) is 19.8. The van der Waals surface area contributed by atoms with Crippen LogP contribution < -0.4 is 9.64 Å². The maximum atomic E-state index is 12.8. The number of nitro groups is 1. The summed E-state index contributed by atoms with van der Waals surface area (Å²) in [6.45, 7) is 0. The van der Waals surface area contributed by atoms with Crippen LogP contribution in [0, 0.1) is 10.1 Å². The van der Waals surface area contributed by atoms with Gasteiger partial charge in [-0.05, 0) is 48.5 Å². The van der Waals surface area contributed by atoms with E-state index in [1.807, 2.05) is 0 Å². The fraction of sp³-hybridized carbons (Fsp3) is 0. The van der Waals surface area contributed by atoms with E-state index in [0.29, 0.717) is 16.5 Å². The van der Waals surface area contributed by atoms with Crippen LogP contribution in [-0.4, -0.2) is 16.7 Å². The van der Waals surface area contributed by atoms with Gasteiger partial charge in [-0.15, -0.1) is 0 Å². The van der Waals surface area contributed by atoms with Crippen LogP contribution in [0.25, 0.3) is 0 Å². The van der Waals surface area contributed by atoms with E-state index in [1.54, 1.807) is 30.3 Å². The molecule has 2 amide bonds. The minimum absolute atomic E-state index is 0.112. The highest BCUT2D eigenvalue weighted by molar-refractivity contribution is 6.35. The number of fused-ring (bicyclic) bond motifs is 1. The molecule has 0 N–H and O–H groups in total. The van der Waals surface area contributed by atoms with Crippen molar-refractivity contribution in [1.82, 2.24) is 0 Å². The number of ether oxygens (including phenoxy) is 1. The average molecular weight is 395 g/mol. The Kier molecular flexibility index (Phi) is 4.29. The Balaban J connectivity index is 1.64. The molecule has 3 aromatic carbocycles. The number of carbonyl (C=O) groups excluding carboxylic acids is 2. The van der Waals surface area contributed by atoms with Crippen molar-refractivity contribution in [2.45, 2.75) is 0 Å². The third-order valence-electron chi connectivity index (χ3n) is 4.21. The molecule has 3 aromatic rings. The molecule has 28 heavy (non-hydrogen) atoms. The summed E-state index contributed by atoms with van der Waals surface area (Å²) in [5.74, 6) is -0.380. The van der Waals surface area contributed by atoms with E-state index in [0.717, 1.165) is 4.90 Å². The first kappa shape index (κ1) is 17.7. The van der Waals surface area contributed by atoms with E-state index < -0.39 is 16.7 Å². The molecule has 0 spiro atoms. The number of amides is 2. The van der Waals surface area contributed by atoms with Gasteiger partial charge in [0.1, 0.15) is 11.5 Å². The molecule has 0 aliphatic carbocycles. The number of anilines is 1. The summed E-state index contributed by atoms with van der Waals surface area (Å²) in [6.07, 6.45) is 0. The SMILES string of the molecule is O=C1c2ccc(Oc3cccc([N+](=O)[O-])c3)cc2C(=O)N1c1ccc(Cl)cc1. The van der Waals surface area contributed by atoms with Crippen LogP contribution >= 0.6 is 11.6 Å². The predicted octanol–water partition coefficient (Wildman–Crippen LogP) is 4.84. The highest BCUT2D eigenvalue weighted by Gasteiger charge is 2.37. The Labute approximate surface area is 163 Å². The summed E-state index contributed by atoms with van der Waals surface area (Å²) >= 11 is 5.86. The van der Waals surface area contributed by atoms with Crippen molar-refractivity contribution in [2.75, 3.05) is 4.90 Å². The third kappa shape index (κ3) is 3.08. The van der Waals surface area contributed by atoms with Crippen molar-refractivity contribution in [3.63, 3.8) is 0 Å². The number of non-ortho nitro benzene ring substituents is 1. The van der Waals surface area contributed by atoms with Gasteiger partial charge in [0.15, 0.2) is 0 Å². The number of hydrogen-bond donors (Lipinski definition) is 0. The summed E-state index contributed by atoms with van der Waals surface area (Å²) in [5, 5.41) is 11.4. The van der Waals surface area contributed by atoms with Crippen LogP contribution in [-0.2, 0) is 0 Å². The van der Waals surface area contributed by atoms with Crippen molar-refractivity contribution in [3.05, 3.63) is 93.0 Å². The lowest BCUT2D eigenvalue weighted by atomic mass is 10.1. The number of benzene rings is 3. The summed E-state index contributed by atoms with van der Waals surface area (Å²) in [4.78, 5) is 36.8. The molecule has 0 saturated carbocycles. The van der Waals surface area contributed by atoms with Gasteiger partial charge in [0, 0.05) is 11.1 Å². The summed E-state index contributed by atoms with van der Waals surface area (Å²) in [5.41, 5.74) is 0.754. The summed E-state index contributed by atoms with van der Waals surface area (Å²) in [7, 11) is 0. The van der Waals surface area contributed by atoms with Gasteiger partial charge in [-0.1, -0.05) is 17.7 Å². The monoisotopic (exact) mass is 394 g/mol. The second-order valence-corrected chi connectivity index (χ2v) is 6.42. The summed E-state index contributed by atoms with van der Waals surface area (Å²) in [6, 6.07) is 16.5. The molecule has 1 heterocycles. The second-order valence-electron chi connectivity index (χ2n) is 5.99. The van der Waals surface area contributed by atoms with Crippen LogP contribution in [0.15, 0.2) is 66.7 Å². The number of halogens is 1. The lowest BCUT2D eigenvalue weighted by Gasteiger charge is -2.13.